The third-order valence-electron chi connectivity index (χ3n) is 8.98. The quantitative estimate of drug-likeness (QED) is 0.165. The van der Waals surface area contributed by atoms with Gasteiger partial charge < -0.3 is 86.2 Å². The van der Waals surface area contributed by atoms with E-state index in [1.165, 1.54) is 31.3 Å². The summed E-state index contributed by atoms with van der Waals surface area (Å²) < 4.78 is 0. The molecular weight excluding hydrogens is 1680 g/mol. The van der Waals surface area contributed by atoms with Crippen molar-refractivity contribution in [1.82, 2.24) is 14.7 Å². The molecule has 333 valence electrons. The molecule has 0 saturated carbocycles. The molecule has 1 spiro atoms. The zero-order chi connectivity index (χ0) is 41.6. The van der Waals surface area contributed by atoms with Gasteiger partial charge in [-0.05, 0) is 130 Å². The summed E-state index contributed by atoms with van der Waals surface area (Å²) in [6, 6.07) is 28.9. The molecule has 3 heterocycles. The summed E-state index contributed by atoms with van der Waals surface area (Å²) in [5.74, 6) is 0. The molecule has 18 heteroatoms. The number of halogens is 6. The van der Waals surface area contributed by atoms with Gasteiger partial charge in [0, 0.05) is 136 Å². The van der Waals surface area contributed by atoms with Gasteiger partial charge in [-0.15, -0.1) is 6.42 Å². The summed E-state index contributed by atoms with van der Waals surface area (Å²) in [6.07, 6.45) is 25.6. The Hall–Kier alpha value is 0.516. The summed E-state index contributed by atoms with van der Waals surface area (Å²) >= 11 is 8.62. The second-order valence-electron chi connectivity index (χ2n) is 13.2. The molecule has 0 saturated heterocycles. The third-order valence-corrected chi connectivity index (χ3v) is 8.98. The van der Waals surface area contributed by atoms with Crippen LogP contribution in [-0.2, 0) is 20.1 Å². The zero-order valence-electron chi connectivity index (χ0n) is 36.1. The Labute approximate surface area is 515 Å². The van der Waals surface area contributed by atoms with Crippen molar-refractivity contribution in [3.8, 4) is 18.2 Å². The van der Waals surface area contributed by atoms with Gasteiger partial charge in [0.25, 0.3) is 0 Å². The van der Waals surface area contributed by atoms with E-state index in [2.05, 4.69) is 133 Å². The summed E-state index contributed by atoms with van der Waals surface area (Å²) in [6.45, 7) is 8.82. The third kappa shape index (κ3) is 23.5. The van der Waals surface area contributed by atoms with Crippen LogP contribution in [0.5, 0.6) is 0 Å². The number of benzene rings is 3. The van der Waals surface area contributed by atoms with Crippen LogP contribution in [0.15, 0.2) is 134 Å². The second-order valence-corrected chi connectivity index (χ2v) is 21.0. The van der Waals surface area contributed by atoms with E-state index in [0.29, 0.717) is 22.1 Å². The van der Waals surface area contributed by atoms with Gasteiger partial charge in [0.15, 0.2) is 0 Å². The van der Waals surface area contributed by atoms with E-state index in [1.54, 1.807) is 6.10 Å². The van der Waals surface area contributed by atoms with E-state index in [4.69, 9.17) is 15.8 Å². The summed E-state index contributed by atoms with van der Waals surface area (Å²) in [5, 5.41) is 25.9. The number of nitrogens with zero attached hydrogens (tertiary/aromatic N) is 9. The first-order chi connectivity index (χ1) is 27.6. The predicted octanol–water partition coefficient (Wildman–Crippen LogP) is 4.18. The fourth-order valence-corrected chi connectivity index (χ4v) is 5.99. The van der Waals surface area contributed by atoms with Gasteiger partial charge >= 0.3 is 51.4 Å². The van der Waals surface area contributed by atoms with Crippen LogP contribution < -0.4 is 114 Å². The first-order valence-electron chi connectivity index (χ1n) is 17.6. The van der Waals surface area contributed by atoms with Crippen molar-refractivity contribution < 1.29 is 121 Å². The largest absolute Gasteiger partial charge is 1.00 e. The maximum Gasteiger partial charge on any atom is 1.00 e. The predicted molar refractivity (Wildman–Crippen MR) is 280 cm³/mol. The van der Waals surface area contributed by atoms with Gasteiger partial charge in [-0.2, -0.15) is 29.1 Å². The first-order valence-corrected chi connectivity index (χ1v) is 29.7. The molecule has 1 atom stereocenters. The van der Waals surface area contributed by atoms with Gasteiger partial charge in [-0.3, -0.25) is 0 Å². The fourth-order valence-electron chi connectivity index (χ4n) is 5.99. The Morgan fingerprint density at radius 1 is 0.694 bits per heavy atom. The molecule has 8 rings (SSSR count). The molecule has 9 nitrogen and oxygen atoms in total. The second kappa shape index (κ2) is 37.5. The van der Waals surface area contributed by atoms with E-state index in [9.17, 15) is 0 Å². The van der Waals surface area contributed by atoms with Crippen molar-refractivity contribution in [2.24, 2.45) is 5.41 Å². The maximum absolute atomic E-state index is 8.65. The number of anilines is 3. The van der Waals surface area contributed by atoms with E-state index in [-0.39, 0.29) is 128 Å². The van der Waals surface area contributed by atoms with Crippen LogP contribution in [0, 0.1) is 67.1 Å². The van der Waals surface area contributed by atoms with Crippen molar-refractivity contribution in [1.29, 1.82) is 15.8 Å². The number of allylic oxidation sites excluding steroid dienone is 4. The Morgan fingerprint density at radius 3 is 1.34 bits per heavy atom. The fraction of sp³-hybridized carbons (Fsp3) is 0.205. The van der Waals surface area contributed by atoms with Crippen LogP contribution in [0.3, 0.4) is 0 Å². The van der Waals surface area contributed by atoms with Crippen LogP contribution in [-0.4, -0.2) is 42.5 Å². The molecule has 2 aliphatic carbocycles. The van der Waals surface area contributed by atoms with Crippen LogP contribution in [0.25, 0.3) is 0 Å². The van der Waals surface area contributed by atoms with Crippen molar-refractivity contribution in [2.45, 2.75) is 25.7 Å². The van der Waals surface area contributed by atoms with E-state index >= 15 is 0 Å². The topological polar surface area (TPSA) is 90.8 Å². The van der Waals surface area contributed by atoms with Crippen LogP contribution in [0.1, 0.15) is 43.8 Å². The first kappa shape index (κ1) is 66.8. The molecule has 5 aliphatic rings. The Bertz CT molecular complexity index is 1800. The minimum Gasteiger partial charge on any atom is -1.00 e. The molecule has 0 amide bonds. The number of hydrogen-bond donors (Lipinski definition) is 0. The molecule has 0 bridgehead atoms. The van der Waals surface area contributed by atoms with Crippen molar-refractivity contribution >= 4 is 103 Å². The smallest absolute Gasteiger partial charge is 1.00 e. The molecule has 1 radical (unpaired) electrons. The molecule has 3 aromatic rings. The van der Waals surface area contributed by atoms with E-state index in [1.807, 2.05) is 164 Å². The summed E-state index contributed by atoms with van der Waals surface area (Å²) in [7, 11) is 5.97. The zero-order valence-corrected chi connectivity index (χ0v) is 54.3. The van der Waals surface area contributed by atoms with Crippen molar-refractivity contribution in [3.63, 3.8) is 0 Å². The minimum absolute atomic E-state index is 0. The van der Waals surface area contributed by atoms with Gasteiger partial charge in [0.05, 0.1) is 41.6 Å². The molecule has 3 aromatic carbocycles. The van der Waals surface area contributed by atoms with Gasteiger partial charge in [0.2, 0.25) is 0 Å². The Balaban J connectivity index is -0.000000347. The average Bonchev–Trinajstić information content (AvgIpc) is 4.00. The molecule has 0 fully saturated rings. The Kier molecular flexibility index (Phi) is 40.4. The van der Waals surface area contributed by atoms with Crippen LogP contribution in [0.4, 0.5) is 17.1 Å². The van der Waals surface area contributed by atoms with Crippen molar-refractivity contribution in [2.75, 3.05) is 42.5 Å². The molecule has 1 unspecified atom stereocenters. The van der Waals surface area contributed by atoms with Gasteiger partial charge in [-0.1, -0.05) is 25.0 Å². The van der Waals surface area contributed by atoms with Crippen molar-refractivity contribution in [3.05, 3.63) is 178 Å². The van der Waals surface area contributed by atoms with Gasteiger partial charge in [-0.25, -0.2) is 18.6 Å². The molecule has 0 N–H and O–H groups in total. The monoisotopic (exact) mass is 1730 g/mol. The van der Waals surface area contributed by atoms with Crippen LogP contribution in [0.2, 0.25) is 0 Å². The summed E-state index contributed by atoms with van der Waals surface area (Å²) in [5.41, 5.74) is 7.21. The van der Waals surface area contributed by atoms with Crippen LogP contribution >= 0.6 is 85.7 Å². The van der Waals surface area contributed by atoms with E-state index in [0.717, 1.165) is 23.7 Å². The summed E-state index contributed by atoms with van der Waals surface area (Å²) in [4.78, 5) is 12.2. The SMILES string of the molecule is CN1C=CN(c2ccc(C#N)cc2)C1.CN1C=CN(c2ccc(C#N)cc2)[CH-]1.CN1C=CN(c2ccc(C#N)cc2)[CH-]1.II.ISI.[CH2-]C1=CCCC2(C=CC2)C1.[CH3-].[H-].[I-].[I-].[Ir].[K+]. The number of nitriles is 3. The van der Waals surface area contributed by atoms with Gasteiger partial charge in [0.1, 0.15) is 0 Å². The maximum atomic E-state index is 8.65. The molecule has 62 heavy (non-hydrogen) atoms. The molecule has 3 aliphatic heterocycles. The average molecular weight is 1730 g/mol. The normalized spacial score (nSPS) is 16.3. The molecular formula is C44H48I6IrKN9S-6. The number of hydrogen-bond acceptors (Lipinski definition) is 10. The van der Waals surface area contributed by atoms with E-state index < -0.39 is 0 Å². The molecule has 0 aromatic heterocycles. The Morgan fingerprint density at radius 2 is 1.08 bits per heavy atom. The standard InChI is InChI=1S/C11H11N3.2C11H10N3.C10H13.CH3.I2S.I2.2HI.Ir.K.H/c3*1-13-6-7-14(9-13)11-4-2-10(8-12)3-5-11;1-9-4-2-5-10(8-9)6-3-7-10;;1-3-2;1-2;;;;;/h2-7H,9H2,1H3;2*2-7,9H,1H3;3-4,6H,1-2,5,7-8H2;1H3;;;2*1H;;;/q;4*-1;;;;;;+1;-1/p-2. The number of rotatable bonds is 3. The minimum atomic E-state index is 0.